The molecule has 2 aliphatic rings. The number of aromatic nitrogens is 3. The molecule has 7 heteroatoms. The summed E-state index contributed by atoms with van der Waals surface area (Å²) in [5.74, 6) is 2.71. The van der Waals surface area contributed by atoms with E-state index in [0.717, 1.165) is 29.7 Å². The monoisotopic (exact) mass is 319 g/mol. The normalized spacial score (nSPS) is 28.7. The van der Waals surface area contributed by atoms with Crippen molar-refractivity contribution in [2.45, 2.75) is 63.7 Å². The summed E-state index contributed by atoms with van der Waals surface area (Å²) < 4.78 is 2.00. The summed E-state index contributed by atoms with van der Waals surface area (Å²) in [4.78, 5) is 6.95. The molecule has 3 rings (SSSR count). The first-order valence-corrected chi connectivity index (χ1v) is 8.62. The minimum absolute atomic E-state index is 0.508. The lowest BCUT2D eigenvalue weighted by Crippen LogP contribution is -2.56. The van der Waals surface area contributed by atoms with Crippen LogP contribution >= 0.6 is 0 Å². The largest absolute Gasteiger partial charge is 0.354 e. The van der Waals surface area contributed by atoms with Gasteiger partial charge in [-0.15, -0.1) is 10.2 Å². The molecular weight excluding hydrogens is 290 g/mol. The second kappa shape index (κ2) is 6.86. The zero-order valence-corrected chi connectivity index (χ0v) is 14.7. The Morgan fingerprint density at radius 3 is 2.48 bits per heavy atom. The number of hydrogen-bond donors (Lipinski definition) is 2. The van der Waals surface area contributed by atoms with E-state index in [1.54, 1.807) is 0 Å². The predicted molar refractivity (Wildman–Crippen MR) is 91.3 cm³/mol. The van der Waals surface area contributed by atoms with E-state index >= 15 is 0 Å². The van der Waals surface area contributed by atoms with Crippen molar-refractivity contribution in [3.05, 3.63) is 11.6 Å². The molecule has 2 atom stereocenters. The molecule has 0 aliphatic carbocycles. The van der Waals surface area contributed by atoms with E-state index in [1.165, 1.54) is 32.1 Å². The van der Waals surface area contributed by atoms with Crippen LogP contribution in [0, 0.1) is 6.92 Å². The van der Waals surface area contributed by atoms with E-state index in [-0.39, 0.29) is 0 Å². The van der Waals surface area contributed by atoms with Crippen LogP contribution in [0.15, 0.2) is 4.99 Å². The lowest BCUT2D eigenvalue weighted by molar-refractivity contribution is 0.0526. The van der Waals surface area contributed by atoms with Crippen LogP contribution in [-0.2, 0) is 13.6 Å². The zero-order valence-electron chi connectivity index (χ0n) is 14.7. The molecule has 2 unspecified atom stereocenters. The van der Waals surface area contributed by atoms with Crippen LogP contribution in [-0.4, -0.2) is 57.8 Å². The lowest BCUT2D eigenvalue weighted by atomic mass is 9.82. The Balaban J connectivity index is 1.55. The van der Waals surface area contributed by atoms with E-state index in [2.05, 4.69) is 37.8 Å². The fraction of sp³-hybridized carbons (Fsp3) is 0.812. The second-order valence-corrected chi connectivity index (χ2v) is 6.86. The summed E-state index contributed by atoms with van der Waals surface area (Å²) in [7, 11) is 6.10. The average Bonchev–Trinajstić information content (AvgIpc) is 2.84. The van der Waals surface area contributed by atoms with Crippen molar-refractivity contribution in [3.63, 3.8) is 0 Å². The van der Waals surface area contributed by atoms with Gasteiger partial charge < -0.3 is 20.1 Å². The second-order valence-electron chi connectivity index (χ2n) is 6.86. The third kappa shape index (κ3) is 3.49. The van der Waals surface area contributed by atoms with E-state index in [4.69, 9.17) is 0 Å². The van der Waals surface area contributed by atoms with Gasteiger partial charge in [-0.05, 0) is 39.7 Å². The first kappa shape index (κ1) is 16.2. The maximum atomic E-state index is 4.37. The zero-order chi connectivity index (χ0) is 16.4. The molecule has 1 aromatic heterocycles. The molecule has 0 radical (unpaired) electrons. The van der Waals surface area contributed by atoms with Crippen molar-refractivity contribution >= 4 is 5.96 Å². The third-order valence-corrected chi connectivity index (χ3v) is 5.50. The molecule has 2 bridgehead atoms. The van der Waals surface area contributed by atoms with Gasteiger partial charge in [-0.3, -0.25) is 4.99 Å². The Hall–Kier alpha value is -1.63. The van der Waals surface area contributed by atoms with Gasteiger partial charge in [-0.1, -0.05) is 6.42 Å². The molecule has 128 valence electrons. The van der Waals surface area contributed by atoms with Crippen LogP contribution < -0.4 is 10.6 Å². The molecule has 3 heterocycles. The summed E-state index contributed by atoms with van der Waals surface area (Å²) in [6.45, 7) is 2.59. The Morgan fingerprint density at radius 1 is 1.22 bits per heavy atom. The van der Waals surface area contributed by atoms with Gasteiger partial charge in [0.05, 0.1) is 6.54 Å². The summed E-state index contributed by atoms with van der Waals surface area (Å²) in [6.07, 6.45) is 6.45. The standard InChI is InChI=1S/C16H29N7/c1-11-20-21-15(22(11)3)10-18-16(17-2)19-12-8-13-6-5-7-14(9-12)23(13)4/h12-14H,5-10H2,1-4H3,(H2,17,18,19). The number of piperidine rings is 2. The number of guanidine groups is 1. The van der Waals surface area contributed by atoms with Crippen LogP contribution in [0.25, 0.3) is 0 Å². The van der Waals surface area contributed by atoms with Crippen molar-refractivity contribution < 1.29 is 0 Å². The number of aryl methyl sites for hydroxylation is 1. The average molecular weight is 319 g/mol. The molecule has 2 aliphatic heterocycles. The Labute approximate surface area is 138 Å². The predicted octanol–water partition coefficient (Wildman–Crippen LogP) is 0.804. The molecule has 0 saturated carbocycles. The van der Waals surface area contributed by atoms with Crippen LogP contribution in [0.4, 0.5) is 0 Å². The van der Waals surface area contributed by atoms with E-state index in [9.17, 15) is 0 Å². The number of hydrogen-bond acceptors (Lipinski definition) is 4. The van der Waals surface area contributed by atoms with Gasteiger partial charge >= 0.3 is 0 Å². The van der Waals surface area contributed by atoms with Crippen molar-refractivity contribution in [1.82, 2.24) is 30.3 Å². The Morgan fingerprint density at radius 2 is 1.91 bits per heavy atom. The highest BCUT2D eigenvalue weighted by Gasteiger charge is 2.36. The van der Waals surface area contributed by atoms with Gasteiger partial charge in [0.15, 0.2) is 11.8 Å². The van der Waals surface area contributed by atoms with Crippen molar-refractivity contribution in [2.75, 3.05) is 14.1 Å². The van der Waals surface area contributed by atoms with Gasteiger partial charge in [-0.25, -0.2) is 0 Å². The number of fused-ring (bicyclic) bond motifs is 2. The van der Waals surface area contributed by atoms with Crippen molar-refractivity contribution in [3.8, 4) is 0 Å². The summed E-state index contributed by atoms with van der Waals surface area (Å²) >= 11 is 0. The number of rotatable bonds is 3. The number of nitrogens with one attached hydrogen (secondary N) is 2. The lowest BCUT2D eigenvalue weighted by Gasteiger charge is -2.47. The first-order valence-electron chi connectivity index (χ1n) is 8.62. The highest BCUT2D eigenvalue weighted by atomic mass is 15.3. The van der Waals surface area contributed by atoms with Crippen LogP contribution in [0.5, 0.6) is 0 Å². The fourth-order valence-electron chi connectivity index (χ4n) is 3.89. The molecule has 23 heavy (non-hydrogen) atoms. The van der Waals surface area contributed by atoms with Gasteiger partial charge in [-0.2, -0.15) is 0 Å². The maximum Gasteiger partial charge on any atom is 0.191 e. The van der Waals surface area contributed by atoms with E-state index < -0.39 is 0 Å². The van der Waals surface area contributed by atoms with Gasteiger partial charge in [0.25, 0.3) is 0 Å². The van der Waals surface area contributed by atoms with Gasteiger partial charge in [0.1, 0.15) is 5.82 Å². The first-order chi connectivity index (χ1) is 11.1. The van der Waals surface area contributed by atoms with Gasteiger partial charge in [0.2, 0.25) is 0 Å². The number of aliphatic imine (C=N–C) groups is 1. The van der Waals surface area contributed by atoms with Crippen LogP contribution in [0.3, 0.4) is 0 Å². The van der Waals surface area contributed by atoms with E-state index in [1.807, 2.05) is 25.6 Å². The Bertz CT molecular complexity index is 551. The summed E-state index contributed by atoms with van der Waals surface area (Å²) in [5.41, 5.74) is 0. The van der Waals surface area contributed by atoms with E-state index in [0.29, 0.717) is 12.6 Å². The van der Waals surface area contributed by atoms with Crippen molar-refractivity contribution in [1.29, 1.82) is 0 Å². The maximum absolute atomic E-state index is 4.37. The molecular formula is C16H29N7. The smallest absolute Gasteiger partial charge is 0.191 e. The molecule has 0 amide bonds. The molecule has 7 nitrogen and oxygen atoms in total. The topological polar surface area (TPSA) is 70.4 Å². The van der Waals surface area contributed by atoms with Crippen LogP contribution in [0.2, 0.25) is 0 Å². The molecule has 0 spiro atoms. The van der Waals surface area contributed by atoms with Gasteiger partial charge in [0, 0.05) is 32.2 Å². The molecule has 1 aromatic rings. The highest BCUT2D eigenvalue weighted by molar-refractivity contribution is 5.79. The quantitative estimate of drug-likeness (QED) is 0.637. The number of nitrogens with zero attached hydrogens (tertiary/aromatic N) is 5. The molecule has 2 saturated heterocycles. The fourth-order valence-corrected chi connectivity index (χ4v) is 3.89. The third-order valence-electron chi connectivity index (χ3n) is 5.50. The summed E-state index contributed by atoms with van der Waals surface area (Å²) in [6, 6.07) is 1.95. The molecule has 2 fully saturated rings. The minimum atomic E-state index is 0.508. The SMILES string of the molecule is CN=C(NCc1nnc(C)n1C)NC1CC2CCCC(C1)N2C. The summed E-state index contributed by atoms with van der Waals surface area (Å²) in [5, 5.41) is 15.2. The molecule has 2 N–H and O–H groups in total. The Kier molecular flexibility index (Phi) is 4.84. The molecule has 0 aromatic carbocycles. The minimum Gasteiger partial charge on any atom is -0.354 e. The van der Waals surface area contributed by atoms with Crippen LogP contribution in [0.1, 0.15) is 43.8 Å². The van der Waals surface area contributed by atoms with Crippen molar-refractivity contribution in [2.24, 2.45) is 12.0 Å². The highest BCUT2D eigenvalue weighted by Crippen LogP contribution is 2.32.